The number of halogens is 1. The van der Waals surface area contributed by atoms with Crippen LogP contribution in [0.15, 0.2) is 23.7 Å². The molecule has 1 rings (SSSR count). The van der Waals surface area contributed by atoms with E-state index >= 15 is 0 Å². The average Bonchev–Trinajstić information content (AvgIpc) is 2.99. The van der Waals surface area contributed by atoms with Gasteiger partial charge in [0.05, 0.1) is 6.33 Å². The van der Waals surface area contributed by atoms with Crippen molar-refractivity contribution in [1.29, 1.82) is 0 Å². The second-order valence-corrected chi connectivity index (χ2v) is 4.88. The van der Waals surface area contributed by atoms with Gasteiger partial charge in [-0.3, -0.25) is 4.99 Å². The molecule has 0 aliphatic carbocycles. The molecule has 0 bridgehead atoms. The number of guanidine groups is 1. The van der Waals surface area contributed by atoms with E-state index in [2.05, 4.69) is 32.6 Å². The zero-order valence-electron chi connectivity index (χ0n) is 13.8. The number of hydrogen-bond donors (Lipinski definition) is 2. The molecule has 128 valence electrons. The molecule has 0 aromatic carbocycles. The van der Waals surface area contributed by atoms with Crippen LogP contribution >= 0.6 is 24.0 Å². The van der Waals surface area contributed by atoms with E-state index in [0.717, 1.165) is 51.7 Å². The molecule has 7 nitrogen and oxygen atoms in total. The number of nitrogens with one attached hydrogen (secondary N) is 2. The predicted octanol–water partition coefficient (Wildman–Crippen LogP) is 0.634. The maximum atomic E-state index is 5.05. The number of aromatic nitrogens is 2. The van der Waals surface area contributed by atoms with Crippen LogP contribution in [0.5, 0.6) is 0 Å². The normalized spacial score (nSPS) is 11.4. The summed E-state index contributed by atoms with van der Waals surface area (Å²) in [7, 11) is 5.64. The van der Waals surface area contributed by atoms with Gasteiger partial charge in [0.25, 0.3) is 0 Å². The molecule has 0 aliphatic heterocycles. The van der Waals surface area contributed by atoms with Crippen molar-refractivity contribution >= 4 is 29.9 Å². The first-order chi connectivity index (χ1) is 10.3. The highest BCUT2D eigenvalue weighted by Crippen LogP contribution is 1.87. The summed E-state index contributed by atoms with van der Waals surface area (Å²) in [6.45, 7) is 5.40. The van der Waals surface area contributed by atoms with Crippen molar-refractivity contribution in [3.05, 3.63) is 18.7 Å². The highest BCUT2D eigenvalue weighted by molar-refractivity contribution is 14.0. The summed E-state index contributed by atoms with van der Waals surface area (Å²) in [6.07, 6.45) is 6.61. The lowest BCUT2D eigenvalue weighted by atomic mass is 10.4. The maximum Gasteiger partial charge on any atom is 0.191 e. The standard InChI is InChI=1S/C14H28N6O.HI/c1-15-14(18-7-11-20-10-5-16-13-20)17-6-9-19(2)8-4-12-21-3;/h5,10,13H,4,6-9,11-12H2,1-3H3,(H2,15,17,18);1H. The van der Waals surface area contributed by atoms with Crippen LogP contribution in [0.4, 0.5) is 0 Å². The van der Waals surface area contributed by atoms with Crippen molar-refractivity contribution in [2.45, 2.75) is 13.0 Å². The lowest BCUT2D eigenvalue weighted by Crippen LogP contribution is -2.42. The molecule has 0 saturated carbocycles. The smallest absolute Gasteiger partial charge is 0.191 e. The molecule has 0 fully saturated rings. The number of imidazole rings is 1. The Kier molecular flexibility index (Phi) is 13.2. The van der Waals surface area contributed by atoms with Crippen molar-refractivity contribution in [2.24, 2.45) is 4.99 Å². The molecule has 2 N–H and O–H groups in total. The zero-order valence-corrected chi connectivity index (χ0v) is 16.1. The van der Waals surface area contributed by atoms with Crippen LogP contribution in [0.25, 0.3) is 0 Å². The van der Waals surface area contributed by atoms with Crippen molar-refractivity contribution in [2.75, 3.05) is 54.0 Å². The molecule has 0 atom stereocenters. The monoisotopic (exact) mass is 424 g/mol. The fraction of sp³-hybridized carbons (Fsp3) is 0.714. The fourth-order valence-corrected chi connectivity index (χ4v) is 1.90. The van der Waals surface area contributed by atoms with Gasteiger partial charge in [-0.15, -0.1) is 24.0 Å². The molecule has 0 amide bonds. The summed E-state index contributed by atoms with van der Waals surface area (Å²) in [5.74, 6) is 0.834. The second kappa shape index (κ2) is 13.8. The van der Waals surface area contributed by atoms with Crippen LogP contribution in [0.1, 0.15) is 6.42 Å². The molecule has 1 heterocycles. The molecule has 1 aromatic rings. The van der Waals surface area contributed by atoms with Gasteiger partial charge in [-0.1, -0.05) is 0 Å². The van der Waals surface area contributed by atoms with Crippen molar-refractivity contribution in [3.8, 4) is 0 Å². The van der Waals surface area contributed by atoms with Gasteiger partial charge in [0.2, 0.25) is 0 Å². The predicted molar refractivity (Wildman–Crippen MR) is 101 cm³/mol. The van der Waals surface area contributed by atoms with E-state index in [1.807, 2.05) is 17.1 Å². The summed E-state index contributed by atoms with van der Waals surface area (Å²) >= 11 is 0. The van der Waals surface area contributed by atoms with E-state index in [4.69, 9.17) is 4.74 Å². The fourth-order valence-electron chi connectivity index (χ4n) is 1.90. The van der Waals surface area contributed by atoms with Gasteiger partial charge < -0.3 is 24.8 Å². The van der Waals surface area contributed by atoms with Crippen molar-refractivity contribution < 1.29 is 4.74 Å². The Bertz CT molecular complexity index is 385. The molecule has 0 saturated heterocycles. The topological polar surface area (TPSA) is 66.7 Å². The van der Waals surface area contributed by atoms with Crippen LogP contribution in [0.3, 0.4) is 0 Å². The van der Waals surface area contributed by atoms with Gasteiger partial charge in [-0.05, 0) is 13.5 Å². The molecule has 8 heteroatoms. The van der Waals surface area contributed by atoms with E-state index < -0.39 is 0 Å². The third kappa shape index (κ3) is 9.96. The van der Waals surface area contributed by atoms with E-state index in [-0.39, 0.29) is 24.0 Å². The van der Waals surface area contributed by atoms with Crippen molar-refractivity contribution in [3.63, 3.8) is 0 Å². The minimum Gasteiger partial charge on any atom is -0.385 e. The number of methoxy groups -OCH3 is 1. The van der Waals surface area contributed by atoms with Crippen LogP contribution in [0, 0.1) is 0 Å². The lowest BCUT2D eigenvalue weighted by molar-refractivity contribution is 0.180. The molecule has 22 heavy (non-hydrogen) atoms. The Morgan fingerprint density at radius 2 is 2.09 bits per heavy atom. The molecule has 1 aromatic heterocycles. The van der Waals surface area contributed by atoms with Gasteiger partial charge in [0, 0.05) is 65.9 Å². The SMILES string of the molecule is CN=C(NCCN(C)CCCOC)NCCn1ccnc1.I. The van der Waals surface area contributed by atoms with Gasteiger partial charge in [-0.2, -0.15) is 0 Å². The van der Waals surface area contributed by atoms with Gasteiger partial charge >= 0.3 is 0 Å². The first-order valence-corrected chi connectivity index (χ1v) is 7.34. The van der Waals surface area contributed by atoms with Crippen LogP contribution in [-0.2, 0) is 11.3 Å². The van der Waals surface area contributed by atoms with Gasteiger partial charge in [-0.25, -0.2) is 4.98 Å². The Labute approximate surface area is 150 Å². The Hall–Kier alpha value is -0.870. The molecular formula is C14H29IN6O. The molecular weight excluding hydrogens is 395 g/mol. The van der Waals surface area contributed by atoms with Crippen LogP contribution in [-0.4, -0.2) is 74.4 Å². The third-order valence-electron chi connectivity index (χ3n) is 3.12. The largest absolute Gasteiger partial charge is 0.385 e. The maximum absolute atomic E-state index is 5.05. The summed E-state index contributed by atoms with van der Waals surface area (Å²) in [5, 5.41) is 6.60. The number of rotatable bonds is 10. The Morgan fingerprint density at radius 3 is 2.73 bits per heavy atom. The second-order valence-electron chi connectivity index (χ2n) is 4.88. The number of hydrogen-bond acceptors (Lipinski definition) is 4. The minimum atomic E-state index is 0. The lowest BCUT2D eigenvalue weighted by Gasteiger charge is -2.18. The van der Waals surface area contributed by atoms with Crippen LogP contribution < -0.4 is 10.6 Å². The van der Waals surface area contributed by atoms with E-state index in [9.17, 15) is 0 Å². The van der Waals surface area contributed by atoms with Crippen molar-refractivity contribution in [1.82, 2.24) is 25.1 Å². The first-order valence-electron chi connectivity index (χ1n) is 7.34. The highest BCUT2D eigenvalue weighted by Gasteiger charge is 2.00. The summed E-state index contributed by atoms with van der Waals surface area (Å²) in [4.78, 5) is 10.5. The number of ether oxygens (including phenoxy) is 1. The van der Waals surface area contributed by atoms with E-state index in [1.54, 1.807) is 20.4 Å². The van der Waals surface area contributed by atoms with Gasteiger partial charge in [0.15, 0.2) is 5.96 Å². The third-order valence-corrected chi connectivity index (χ3v) is 3.12. The average molecular weight is 424 g/mol. The molecule has 0 unspecified atom stereocenters. The molecule has 0 aliphatic rings. The summed E-state index contributed by atoms with van der Waals surface area (Å²) in [5.41, 5.74) is 0. The van der Waals surface area contributed by atoms with Crippen LogP contribution in [0.2, 0.25) is 0 Å². The summed E-state index contributed by atoms with van der Waals surface area (Å²) < 4.78 is 7.08. The zero-order chi connectivity index (χ0) is 15.3. The quantitative estimate of drug-likeness (QED) is 0.250. The molecule has 0 radical (unpaired) electrons. The van der Waals surface area contributed by atoms with E-state index in [0.29, 0.717) is 0 Å². The first kappa shape index (κ1) is 21.1. The number of aliphatic imine (C=N–C) groups is 1. The summed E-state index contributed by atoms with van der Waals surface area (Å²) in [6, 6.07) is 0. The number of nitrogens with zero attached hydrogens (tertiary/aromatic N) is 4. The Balaban J connectivity index is 0.00000441. The minimum absolute atomic E-state index is 0. The number of likely N-dealkylation sites (N-methyl/N-ethyl adjacent to an activating group) is 1. The Morgan fingerprint density at radius 1 is 1.32 bits per heavy atom. The van der Waals surface area contributed by atoms with Gasteiger partial charge in [0.1, 0.15) is 0 Å². The molecule has 0 spiro atoms. The van der Waals surface area contributed by atoms with E-state index in [1.165, 1.54) is 0 Å². The highest BCUT2D eigenvalue weighted by atomic mass is 127.